The van der Waals surface area contributed by atoms with Crippen LogP contribution >= 0.6 is 11.6 Å². The first kappa shape index (κ1) is 25.6. The summed E-state index contributed by atoms with van der Waals surface area (Å²) in [6.07, 6.45) is -1.10. The van der Waals surface area contributed by atoms with Crippen LogP contribution in [0.1, 0.15) is 31.1 Å². The number of hydrogen-bond acceptors (Lipinski definition) is 6. The Morgan fingerprint density at radius 2 is 1.66 bits per heavy atom. The predicted molar refractivity (Wildman–Crippen MR) is 126 cm³/mol. The van der Waals surface area contributed by atoms with Crippen molar-refractivity contribution in [3.63, 3.8) is 0 Å². The number of nitrogens with one attached hydrogen (secondary N) is 1. The molecule has 32 heavy (non-hydrogen) atoms. The second-order valence-electron chi connectivity index (χ2n) is 7.21. The standard InChI is InChI=1S/C22H28ClN3O5S/c1-6-26(7-2)32(29,30)20-14-16(8-13-19(20)23)22(28)31-15(3)21(27)24-17-9-11-18(12-10-17)25(4)5/h8-15H,6-7H2,1-5H3,(H,24,27)/t15-/m0/s1. The number of rotatable bonds is 9. The van der Waals surface area contributed by atoms with Crippen molar-refractivity contribution < 1.29 is 22.7 Å². The highest BCUT2D eigenvalue weighted by Crippen LogP contribution is 2.26. The molecule has 0 radical (unpaired) electrons. The van der Waals surface area contributed by atoms with Gasteiger partial charge in [-0.15, -0.1) is 0 Å². The Hall–Kier alpha value is -2.62. The van der Waals surface area contributed by atoms with E-state index in [9.17, 15) is 18.0 Å². The summed E-state index contributed by atoms with van der Waals surface area (Å²) in [6, 6.07) is 11.0. The van der Waals surface area contributed by atoms with Crippen LogP contribution in [0.25, 0.3) is 0 Å². The topological polar surface area (TPSA) is 96.0 Å². The Kier molecular flexibility index (Phi) is 8.65. The number of amides is 1. The molecule has 1 atom stereocenters. The van der Waals surface area contributed by atoms with Crippen LogP contribution in [0.15, 0.2) is 47.4 Å². The van der Waals surface area contributed by atoms with Gasteiger partial charge in [0, 0.05) is 38.6 Å². The van der Waals surface area contributed by atoms with Gasteiger partial charge in [-0.2, -0.15) is 4.31 Å². The highest BCUT2D eigenvalue weighted by Gasteiger charge is 2.27. The summed E-state index contributed by atoms with van der Waals surface area (Å²) in [4.78, 5) is 26.7. The molecule has 174 valence electrons. The summed E-state index contributed by atoms with van der Waals surface area (Å²) in [5.41, 5.74) is 1.51. The van der Waals surface area contributed by atoms with E-state index in [0.29, 0.717) is 5.69 Å². The van der Waals surface area contributed by atoms with Crippen LogP contribution in [0, 0.1) is 0 Å². The molecule has 0 bridgehead atoms. The maximum atomic E-state index is 12.8. The lowest BCUT2D eigenvalue weighted by Crippen LogP contribution is -2.31. The minimum absolute atomic E-state index is 0.000382. The molecule has 0 saturated heterocycles. The maximum Gasteiger partial charge on any atom is 0.338 e. The normalized spacial score (nSPS) is 12.3. The fourth-order valence-corrected chi connectivity index (χ4v) is 4.86. The first-order chi connectivity index (χ1) is 15.0. The van der Waals surface area contributed by atoms with Crippen LogP contribution in [-0.4, -0.2) is 57.9 Å². The lowest BCUT2D eigenvalue weighted by atomic mass is 10.2. The van der Waals surface area contributed by atoms with E-state index in [4.69, 9.17) is 16.3 Å². The van der Waals surface area contributed by atoms with E-state index < -0.39 is 28.0 Å². The number of hydrogen-bond donors (Lipinski definition) is 1. The molecular formula is C22H28ClN3O5S. The monoisotopic (exact) mass is 481 g/mol. The first-order valence-corrected chi connectivity index (χ1v) is 11.9. The van der Waals surface area contributed by atoms with E-state index in [1.54, 1.807) is 26.0 Å². The van der Waals surface area contributed by atoms with Gasteiger partial charge in [0.05, 0.1) is 10.6 Å². The first-order valence-electron chi connectivity index (χ1n) is 10.1. The Labute approximate surface area is 194 Å². The molecule has 0 heterocycles. The van der Waals surface area contributed by atoms with Gasteiger partial charge in [-0.3, -0.25) is 4.79 Å². The van der Waals surface area contributed by atoms with Crippen LogP contribution in [0.5, 0.6) is 0 Å². The molecule has 0 aliphatic rings. The third-order valence-corrected chi connectivity index (χ3v) is 7.33. The molecule has 10 heteroatoms. The van der Waals surface area contributed by atoms with E-state index >= 15 is 0 Å². The van der Waals surface area contributed by atoms with E-state index in [1.807, 2.05) is 31.1 Å². The van der Waals surface area contributed by atoms with Crippen molar-refractivity contribution in [3.05, 3.63) is 53.1 Å². The van der Waals surface area contributed by atoms with E-state index in [1.165, 1.54) is 29.4 Å². The third-order valence-electron chi connectivity index (χ3n) is 4.79. The van der Waals surface area contributed by atoms with E-state index in [2.05, 4.69) is 5.32 Å². The van der Waals surface area contributed by atoms with Crippen LogP contribution < -0.4 is 10.2 Å². The molecule has 0 fully saturated rings. The second-order valence-corrected chi connectivity index (χ2v) is 9.53. The molecule has 2 aromatic carbocycles. The van der Waals surface area contributed by atoms with Gasteiger partial charge in [0.15, 0.2) is 6.10 Å². The Balaban J connectivity index is 2.13. The highest BCUT2D eigenvalue weighted by molar-refractivity contribution is 7.89. The fraction of sp³-hybridized carbons (Fsp3) is 0.364. The van der Waals surface area contributed by atoms with Gasteiger partial charge < -0.3 is 15.0 Å². The third kappa shape index (κ3) is 5.99. The Morgan fingerprint density at radius 1 is 1.06 bits per heavy atom. The smallest absolute Gasteiger partial charge is 0.338 e. The van der Waals surface area contributed by atoms with Gasteiger partial charge in [0.1, 0.15) is 4.90 Å². The molecule has 0 aromatic heterocycles. The van der Waals surface area contributed by atoms with Crippen LogP contribution in [-0.2, 0) is 19.6 Å². The molecular weight excluding hydrogens is 454 g/mol. The number of benzene rings is 2. The number of carbonyl (C=O) groups is 2. The van der Waals surface area contributed by atoms with Gasteiger partial charge in [-0.25, -0.2) is 13.2 Å². The number of esters is 1. The molecule has 1 N–H and O–H groups in total. The van der Waals surface area contributed by atoms with Gasteiger partial charge >= 0.3 is 5.97 Å². The van der Waals surface area contributed by atoms with Crippen molar-refractivity contribution in [2.75, 3.05) is 37.4 Å². The molecule has 8 nitrogen and oxygen atoms in total. The summed E-state index contributed by atoms with van der Waals surface area (Å²) in [6.45, 7) is 5.38. The van der Waals surface area contributed by atoms with Gasteiger partial charge in [0.25, 0.3) is 5.91 Å². The van der Waals surface area contributed by atoms with Crippen molar-refractivity contribution in [3.8, 4) is 0 Å². The summed E-state index contributed by atoms with van der Waals surface area (Å²) >= 11 is 6.10. The van der Waals surface area contributed by atoms with Crippen molar-refractivity contribution in [1.82, 2.24) is 4.31 Å². The van der Waals surface area contributed by atoms with Gasteiger partial charge in [0.2, 0.25) is 10.0 Å². The predicted octanol–water partition coefficient (Wildman–Crippen LogP) is 3.62. The number of carbonyl (C=O) groups excluding carboxylic acids is 2. The summed E-state index contributed by atoms with van der Waals surface area (Å²) in [7, 11) is -0.0576. The Morgan fingerprint density at radius 3 is 2.19 bits per heavy atom. The average molecular weight is 482 g/mol. The Bertz CT molecular complexity index is 1070. The SMILES string of the molecule is CCN(CC)S(=O)(=O)c1cc(C(=O)O[C@@H](C)C(=O)Nc2ccc(N(C)C)cc2)ccc1Cl. The summed E-state index contributed by atoms with van der Waals surface area (Å²) < 4.78 is 32.1. The minimum Gasteiger partial charge on any atom is -0.449 e. The fourth-order valence-electron chi connectivity index (χ4n) is 2.90. The summed E-state index contributed by atoms with van der Waals surface area (Å²) in [5, 5.41) is 2.68. The van der Waals surface area contributed by atoms with Crippen molar-refractivity contribution in [2.45, 2.75) is 31.8 Å². The van der Waals surface area contributed by atoms with Gasteiger partial charge in [-0.05, 0) is 49.4 Å². The quantitative estimate of drug-likeness (QED) is 0.549. The maximum absolute atomic E-state index is 12.8. The van der Waals surface area contributed by atoms with Crippen molar-refractivity contribution >= 4 is 44.9 Å². The van der Waals surface area contributed by atoms with Gasteiger partial charge in [-0.1, -0.05) is 25.4 Å². The van der Waals surface area contributed by atoms with Crippen molar-refractivity contribution in [2.24, 2.45) is 0 Å². The zero-order valence-corrected chi connectivity index (χ0v) is 20.3. The highest BCUT2D eigenvalue weighted by atomic mass is 35.5. The van der Waals surface area contributed by atoms with E-state index in [0.717, 1.165) is 5.69 Å². The molecule has 2 aromatic rings. The number of nitrogens with zero attached hydrogens (tertiary/aromatic N) is 2. The van der Waals surface area contributed by atoms with Crippen LogP contribution in [0.2, 0.25) is 5.02 Å². The average Bonchev–Trinajstić information content (AvgIpc) is 2.74. The lowest BCUT2D eigenvalue weighted by molar-refractivity contribution is -0.123. The molecule has 1 amide bonds. The second kappa shape index (κ2) is 10.8. The van der Waals surface area contributed by atoms with Crippen LogP contribution in [0.3, 0.4) is 0 Å². The molecule has 0 spiro atoms. The lowest BCUT2D eigenvalue weighted by Gasteiger charge is -2.20. The summed E-state index contributed by atoms with van der Waals surface area (Å²) in [5.74, 6) is -1.34. The number of ether oxygens (including phenoxy) is 1. The largest absolute Gasteiger partial charge is 0.449 e. The number of halogens is 1. The zero-order chi connectivity index (χ0) is 24.1. The minimum atomic E-state index is -3.87. The molecule has 0 unspecified atom stereocenters. The molecule has 0 aliphatic carbocycles. The van der Waals surface area contributed by atoms with E-state index in [-0.39, 0.29) is 28.6 Å². The van der Waals surface area contributed by atoms with Crippen molar-refractivity contribution in [1.29, 1.82) is 0 Å². The zero-order valence-electron chi connectivity index (χ0n) is 18.8. The number of sulfonamides is 1. The molecule has 0 aliphatic heterocycles. The van der Waals surface area contributed by atoms with Crippen LogP contribution in [0.4, 0.5) is 11.4 Å². The molecule has 0 saturated carbocycles. The number of anilines is 2. The molecule has 2 rings (SSSR count).